The van der Waals surface area contributed by atoms with E-state index in [9.17, 15) is 8.42 Å². The van der Waals surface area contributed by atoms with Crippen molar-refractivity contribution < 1.29 is 8.42 Å². The van der Waals surface area contributed by atoms with Crippen LogP contribution >= 0.6 is 27.3 Å². The number of thiophene rings is 1. The van der Waals surface area contributed by atoms with Crippen LogP contribution in [-0.2, 0) is 15.6 Å². The molecule has 0 spiro atoms. The molecule has 3 aromatic rings. The van der Waals surface area contributed by atoms with E-state index in [-0.39, 0.29) is 5.75 Å². The van der Waals surface area contributed by atoms with E-state index in [1.165, 1.54) is 11.3 Å². The summed E-state index contributed by atoms with van der Waals surface area (Å²) in [6.45, 7) is 3.58. The summed E-state index contributed by atoms with van der Waals surface area (Å²) in [5.41, 5.74) is 0.775. The van der Waals surface area contributed by atoms with Gasteiger partial charge in [-0.15, -0.1) is 11.3 Å². The van der Waals surface area contributed by atoms with Crippen molar-refractivity contribution in [2.75, 3.05) is 31.1 Å². The molecule has 0 saturated carbocycles. The van der Waals surface area contributed by atoms with E-state index in [2.05, 4.69) is 31.1 Å². The van der Waals surface area contributed by atoms with E-state index in [1.54, 1.807) is 12.3 Å². The Morgan fingerprint density at radius 2 is 2.00 bits per heavy atom. The highest BCUT2D eigenvalue weighted by molar-refractivity contribution is 9.10. The van der Waals surface area contributed by atoms with Gasteiger partial charge in [0.25, 0.3) is 0 Å². The highest BCUT2D eigenvalue weighted by Gasteiger charge is 2.22. The van der Waals surface area contributed by atoms with Crippen LogP contribution in [0.3, 0.4) is 0 Å². The number of hydrogen-bond donors (Lipinski definition) is 1. The maximum atomic E-state index is 12.9. The van der Waals surface area contributed by atoms with Crippen LogP contribution < -0.4 is 10.2 Å². The van der Waals surface area contributed by atoms with Crippen molar-refractivity contribution in [3.8, 4) is 0 Å². The van der Waals surface area contributed by atoms with Crippen LogP contribution in [0.15, 0.2) is 51.3 Å². The lowest BCUT2D eigenvalue weighted by Gasteiger charge is -2.28. The van der Waals surface area contributed by atoms with Gasteiger partial charge in [-0.05, 0) is 29.8 Å². The first kappa shape index (κ1) is 17.9. The van der Waals surface area contributed by atoms with Crippen molar-refractivity contribution in [2.45, 2.75) is 9.96 Å². The maximum absolute atomic E-state index is 12.9. The molecule has 1 saturated heterocycles. The van der Waals surface area contributed by atoms with Gasteiger partial charge in [-0.1, -0.05) is 28.1 Å². The standard InChI is InChI=1S/C18H18BrN3O2S2/c19-14-3-1-2-13(10-14)12-26(23,24)17-11-15-16(25-17)4-5-21-18(15)22-8-6-20-7-9-22/h1-5,10-11,20H,6-9,12H2. The molecule has 0 amide bonds. The lowest BCUT2D eigenvalue weighted by molar-refractivity contribution is 0.586. The maximum Gasteiger partial charge on any atom is 0.191 e. The molecular weight excluding hydrogens is 434 g/mol. The number of piperazine rings is 1. The van der Waals surface area contributed by atoms with Gasteiger partial charge < -0.3 is 10.2 Å². The minimum atomic E-state index is -3.40. The number of sulfone groups is 1. The van der Waals surface area contributed by atoms with Crippen molar-refractivity contribution in [3.05, 3.63) is 52.6 Å². The van der Waals surface area contributed by atoms with Crippen molar-refractivity contribution in [1.82, 2.24) is 10.3 Å². The quantitative estimate of drug-likeness (QED) is 0.657. The van der Waals surface area contributed by atoms with Gasteiger partial charge in [-0.3, -0.25) is 0 Å². The Labute approximate surface area is 165 Å². The molecule has 3 heterocycles. The summed E-state index contributed by atoms with van der Waals surface area (Å²) < 4.78 is 28.1. The predicted molar refractivity (Wildman–Crippen MR) is 110 cm³/mol. The molecule has 1 aliphatic heterocycles. The zero-order valence-electron chi connectivity index (χ0n) is 14.0. The second-order valence-electron chi connectivity index (χ2n) is 6.24. The van der Waals surface area contributed by atoms with Gasteiger partial charge in [0.15, 0.2) is 9.84 Å². The van der Waals surface area contributed by atoms with Crippen LogP contribution in [0.5, 0.6) is 0 Å². The second kappa shape index (κ2) is 7.26. The van der Waals surface area contributed by atoms with Crippen molar-refractivity contribution >= 4 is 53.0 Å². The Kier molecular flexibility index (Phi) is 5.00. The Hall–Kier alpha value is -1.48. The Morgan fingerprint density at radius 3 is 2.77 bits per heavy atom. The highest BCUT2D eigenvalue weighted by atomic mass is 79.9. The van der Waals surface area contributed by atoms with Gasteiger partial charge >= 0.3 is 0 Å². The number of nitrogens with one attached hydrogen (secondary N) is 1. The summed E-state index contributed by atoms with van der Waals surface area (Å²) in [7, 11) is -3.40. The molecular formula is C18H18BrN3O2S2. The fraction of sp³-hybridized carbons (Fsp3) is 0.278. The molecule has 5 nitrogen and oxygen atoms in total. The number of benzene rings is 1. The summed E-state index contributed by atoms with van der Waals surface area (Å²) >= 11 is 4.72. The molecule has 1 aromatic carbocycles. The highest BCUT2D eigenvalue weighted by Crippen LogP contribution is 2.35. The summed E-state index contributed by atoms with van der Waals surface area (Å²) in [4.78, 5) is 6.74. The Bertz CT molecular complexity index is 1040. The van der Waals surface area contributed by atoms with Gasteiger partial charge in [0.2, 0.25) is 0 Å². The smallest absolute Gasteiger partial charge is 0.191 e. The number of nitrogens with zero attached hydrogens (tertiary/aromatic N) is 2. The number of pyridine rings is 1. The zero-order valence-corrected chi connectivity index (χ0v) is 17.2. The van der Waals surface area contributed by atoms with Gasteiger partial charge in [0, 0.05) is 46.9 Å². The molecule has 136 valence electrons. The van der Waals surface area contributed by atoms with Gasteiger partial charge in [0.1, 0.15) is 10.0 Å². The monoisotopic (exact) mass is 451 g/mol. The average Bonchev–Trinajstić information content (AvgIpc) is 3.07. The number of hydrogen-bond acceptors (Lipinski definition) is 6. The lowest BCUT2D eigenvalue weighted by Crippen LogP contribution is -2.43. The third-order valence-corrected chi connectivity index (χ3v) is 8.21. The van der Waals surface area contributed by atoms with Gasteiger partial charge in [-0.25, -0.2) is 13.4 Å². The van der Waals surface area contributed by atoms with E-state index in [4.69, 9.17) is 0 Å². The van der Waals surface area contributed by atoms with Crippen LogP contribution in [0.25, 0.3) is 10.1 Å². The number of fused-ring (bicyclic) bond motifs is 1. The van der Waals surface area contributed by atoms with E-state index in [1.807, 2.05) is 30.3 Å². The molecule has 0 atom stereocenters. The molecule has 2 aromatic heterocycles. The summed E-state index contributed by atoms with van der Waals surface area (Å²) in [6.07, 6.45) is 1.76. The van der Waals surface area contributed by atoms with Crippen LogP contribution in [0.2, 0.25) is 0 Å². The van der Waals surface area contributed by atoms with Crippen molar-refractivity contribution in [2.24, 2.45) is 0 Å². The fourth-order valence-electron chi connectivity index (χ4n) is 3.12. The third-order valence-electron chi connectivity index (χ3n) is 4.37. The topological polar surface area (TPSA) is 62.3 Å². The minimum Gasteiger partial charge on any atom is -0.354 e. The SMILES string of the molecule is O=S(=O)(Cc1cccc(Br)c1)c1cc2c(N3CCNCC3)nccc2s1. The van der Waals surface area contributed by atoms with E-state index >= 15 is 0 Å². The largest absolute Gasteiger partial charge is 0.354 e. The van der Waals surface area contributed by atoms with Gasteiger partial charge in [0.05, 0.1) is 5.75 Å². The first-order valence-electron chi connectivity index (χ1n) is 8.34. The number of halogens is 1. The summed E-state index contributed by atoms with van der Waals surface area (Å²) in [6, 6.07) is 11.1. The average molecular weight is 452 g/mol. The molecule has 0 unspecified atom stereocenters. The summed E-state index contributed by atoms with van der Waals surface area (Å²) in [5, 5.41) is 4.25. The molecule has 1 fully saturated rings. The van der Waals surface area contributed by atoms with Crippen molar-refractivity contribution in [1.29, 1.82) is 0 Å². The Morgan fingerprint density at radius 1 is 1.19 bits per heavy atom. The molecule has 26 heavy (non-hydrogen) atoms. The molecule has 0 aliphatic carbocycles. The predicted octanol–water partition coefficient (Wildman–Crippen LogP) is 3.44. The first-order valence-corrected chi connectivity index (χ1v) is 11.6. The second-order valence-corrected chi connectivity index (χ2v) is 10.5. The summed E-state index contributed by atoms with van der Waals surface area (Å²) in [5.74, 6) is 0.875. The number of rotatable bonds is 4. The number of anilines is 1. The van der Waals surface area contributed by atoms with E-state index in [0.717, 1.165) is 52.1 Å². The van der Waals surface area contributed by atoms with Crippen LogP contribution in [-0.4, -0.2) is 39.6 Å². The van der Waals surface area contributed by atoms with Crippen LogP contribution in [0.4, 0.5) is 5.82 Å². The third kappa shape index (κ3) is 3.64. The van der Waals surface area contributed by atoms with E-state index < -0.39 is 9.84 Å². The minimum absolute atomic E-state index is 0.00431. The fourth-order valence-corrected chi connectivity index (χ4v) is 6.37. The molecule has 0 bridgehead atoms. The molecule has 1 aliphatic rings. The van der Waals surface area contributed by atoms with Crippen LogP contribution in [0.1, 0.15) is 5.56 Å². The molecule has 8 heteroatoms. The Balaban J connectivity index is 1.70. The van der Waals surface area contributed by atoms with Crippen LogP contribution in [0, 0.1) is 0 Å². The molecule has 0 radical (unpaired) electrons. The normalized spacial score (nSPS) is 15.5. The molecule has 4 rings (SSSR count). The molecule has 1 N–H and O–H groups in total. The lowest BCUT2D eigenvalue weighted by atomic mass is 10.2. The zero-order chi connectivity index (χ0) is 18.1. The number of aromatic nitrogens is 1. The first-order chi connectivity index (χ1) is 12.5. The van der Waals surface area contributed by atoms with Crippen molar-refractivity contribution in [3.63, 3.8) is 0 Å². The van der Waals surface area contributed by atoms with Gasteiger partial charge in [-0.2, -0.15) is 0 Å². The van der Waals surface area contributed by atoms with E-state index in [0.29, 0.717) is 4.21 Å².